The quantitative estimate of drug-likeness (QED) is 0.202. The minimum atomic E-state index is -1.58. The average Bonchev–Trinajstić information content (AvgIpc) is 2.69. The third-order valence-corrected chi connectivity index (χ3v) is 4.00. The Hall–Kier alpha value is -3.02. The Morgan fingerprint density at radius 2 is 1.45 bits per heavy atom. The van der Waals surface area contributed by atoms with Crippen LogP contribution in [0.5, 0.6) is 0 Å². The van der Waals surface area contributed by atoms with E-state index in [0.717, 1.165) is 5.56 Å². The lowest BCUT2D eigenvalue weighted by molar-refractivity contribution is -0.143. The van der Waals surface area contributed by atoms with Gasteiger partial charge >= 0.3 is 5.97 Å². The second-order valence-corrected chi connectivity index (χ2v) is 6.35. The third kappa shape index (κ3) is 7.86. The fourth-order valence-electron chi connectivity index (χ4n) is 2.30. The summed E-state index contributed by atoms with van der Waals surface area (Å²) >= 11 is 0. The van der Waals surface area contributed by atoms with Gasteiger partial charge < -0.3 is 37.0 Å². The van der Waals surface area contributed by atoms with E-state index in [9.17, 15) is 24.3 Å². The van der Waals surface area contributed by atoms with Crippen LogP contribution >= 0.6 is 0 Å². The van der Waals surface area contributed by atoms with Crippen LogP contribution in [0, 0.1) is 0 Å². The van der Waals surface area contributed by atoms with E-state index in [4.69, 9.17) is 15.9 Å². The van der Waals surface area contributed by atoms with Gasteiger partial charge in [0, 0.05) is 0 Å². The molecule has 0 heterocycles. The number of aliphatic hydroxyl groups excluding tert-OH is 2. The molecule has 0 saturated heterocycles. The summed E-state index contributed by atoms with van der Waals surface area (Å²) < 4.78 is 0. The zero-order valence-electron chi connectivity index (χ0n) is 15.9. The molecule has 0 aromatic heterocycles. The molecule has 0 aliphatic carbocycles. The second-order valence-electron chi connectivity index (χ2n) is 6.35. The Morgan fingerprint density at radius 3 is 1.97 bits per heavy atom. The molecule has 3 amide bonds. The van der Waals surface area contributed by atoms with Crippen molar-refractivity contribution in [1.82, 2.24) is 16.0 Å². The largest absolute Gasteiger partial charge is 0.480 e. The number of nitrogens with two attached hydrogens (primary N) is 1. The van der Waals surface area contributed by atoms with Crippen molar-refractivity contribution >= 4 is 23.7 Å². The summed E-state index contributed by atoms with van der Waals surface area (Å²) in [6.45, 7) is -0.314. The number of carboxylic acids is 1. The third-order valence-electron chi connectivity index (χ3n) is 4.00. The summed E-state index contributed by atoms with van der Waals surface area (Å²) in [7, 11) is 0. The molecule has 1 aromatic rings. The maximum Gasteiger partial charge on any atom is 0.328 e. The number of aliphatic carboxylic acids is 1. The van der Waals surface area contributed by atoms with Crippen LogP contribution in [0.4, 0.5) is 0 Å². The van der Waals surface area contributed by atoms with E-state index in [1.807, 2.05) is 35.6 Å². The molecule has 0 aliphatic rings. The number of hydrogen-bond acceptors (Lipinski definition) is 7. The number of aliphatic hydroxyl groups is 2. The predicted octanol–water partition coefficient (Wildman–Crippen LogP) is -2.90. The van der Waals surface area contributed by atoms with Gasteiger partial charge in [0.2, 0.25) is 17.7 Å². The lowest BCUT2D eigenvalue weighted by atomic mass is 10.1. The van der Waals surface area contributed by atoms with Crippen LogP contribution in [-0.2, 0) is 25.6 Å². The van der Waals surface area contributed by atoms with E-state index in [1.54, 1.807) is 0 Å². The first-order valence-electron chi connectivity index (χ1n) is 8.84. The zero-order valence-corrected chi connectivity index (χ0v) is 15.9. The number of carbonyl (C=O) groups excluding carboxylic acids is 3. The number of rotatable bonds is 11. The van der Waals surface area contributed by atoms with Crippen molar-refractivity contribution in [3.05, 3.63) is 35.9 Å². The van der Waals surface area contributed by atoms with Crippen molar-refractivity contribution in [3.63, 3.8) is 0 Å². The molecule has 1 aromatic carbocycles. The van der Waals surface area contributed by atoms with Crippen LogP contribution in [0.1, 0.15) is 12.5 Å². The summed E-state index contributed by atoms with van der Waals surface area (Å²) in [6, 6.07) is 4.05. The van der Waals surface area contributed by atoms with Crippen LogP contribution in [-0.4, -0.2) is 76.4 Å². The predicted molar refractivity (Wildman–Crippen MR) is 101 cm³/mol. The first-order chi connectivity index (χ1) is 13.7. The molecule has 4 unspecified atom stereocenters. The summed E-state index contributed by atoms with van der Waals surface area (Å²) in [5.74, 6) is -3.83. The highest BCUT2D eigenvalue weighted by atomic mass is 16.4. The molecule has 11 heteroatoms. The fourth-order valence-corrected chi connectivity index (χ4v) is 2.30. The molecule has 160 valence electrons. The van der Waals surface area contributed by atoms with Crippen LogP contribution in [0.25, 0.3) is 0 Å². The molecule has 11 nitrogen and oxygen atoms in total. The first kappa shape index (κ1) is 24.0. The summed E-state index contributed by atoms with van der Waals surface area (Å²) in [6.07, 6.45) is 0.264. The maximum absolute atomic E-state index is 12.2. The highest BCUT2D eigenvalue weighted by molar-refractivity contribution is 5.94. The topological polar surface area (TPSA) is 191 Å². The highest BCUT2D eigenvalue weighted by Gasteiger charge is 2.28. The van der Waals surface area contributed by atoms with Gasteiger partial charge in [-0.1, -0.05) is 30.3 Å². The standard InChI is InChI=1S/C18H26N4O7/c1-10(20-16(26)12(19)7-11-5-3-2-4-6-11)15(25)21-13(8-23)17(27)22-14(9-24)18(28)29/h2-6,10,12-14,23-24H,7-9,19H2,1H3,(H,20,26)(H,21,25)(H,22,27)(H,28,29). The van der Waals surface area contributed by atoms with Gasteiger partial charge in [-0.2, -0.15) is 0 Å². The van der Waals surface area contributed by atoms with Crippen molar-refractivity contribution in [1.29, 1.82) is 0 Å². The molecule has 0 saturated carbocycles. The van der Waals surface area contributed by atoms with Crippen molar-refractivity contribution in [2.45, 2.75) is 37.5 Å². The maximum atomic E-state index is 12.2. The molecular weight excluding hydrogens is 384 g/mol. The van der Waals surface area contributed by atoms with E-state index < -0.39 is 61.1 Å². The van der Waals surface area contributed by atoms with E-state index >= 15 is 0 Å². The van der Waals surface area contributed by atoms with Crippen molar-refractivity contribution in [3.8, 4) is 0 Å². The molecule has 0 radical (unpaired) electrons. The average molecular weight is 410 g/mol. The number of nitrogens with one attached hydrogen (secondary N) is 3. The van der Waals surface area contributed by atoms with Crippen LogP contribution in [0.15, 0.2) is 30.3 Å². The summed E-state index contributed by atoms with van der Waals surface area (Å²) in [5, 5.41) is 33.6. The molecular formula is C18H26N4O7. The Kier molecular flexibility index (Phi) is 9.72. The van der Waals surface area contributed by atoms with Gasteiger partial charge in [-0.3, -0.25) is 14.4 Å². The molecule has 29 heavy (non-hydrogen) atoms. The number of carbonyl (C=O) groups is 4. The Balaban J connectivity index is 2.59. The fraction of sp³-hybridized carbons (Fsp3) is 0.444. The van der Waals surface area contributed by atoms with E-state index in [0.29, 0.717) is 0 Å². The Labute approximate surface area is 167 Å². The van der Waals surface area contributed by atoms with Gasteiger partial charge in [-0.15, -0.1) is 0 Å². The Bertz CT molecular complexity index is 713. The number of carboxylic acid groups (broad SMARTS) is 1. The molecule has 0 fully saturated rings. The monoisotopic (exact) mass is 410 g/mol. The van der Waals surface area contributed by atoms with Crippen LogP contribution in [0.3, 0.4) is 0 Å². The second kappa shape index (κ2) is 11.7. The SMILES string of the molecule is CC(NC(=O)C(N)Cc1ccccc1)C(=O)NC(CO)C(=O)NC(CO)C(=O)O. The molecule has 4 atom stereocenters. The van der Waals surface area contributed by atoms with E-state index in [2.05, 4.69) is 10.6 Å². The van der Waals surface area contributed by atoms with Gasteiger partial charge in [-0.25, -0.2) is 4.79 Å². The van der Waals surface area contributed by atoms with E-state index in [1.165, 1.54) is 6.92 Å². The zero-order chi connectivity index (χ0) is 22.0. The van der Waals surface area contributed by atoms with Crippen molar-refractivity contribution in [2.75, 3.05) is 13.2 Å². The van der Waals surface area contributed by atoms with Crippen LogP contribution < -0.4 is 21.7 Å². The Morgan fingerprint density at radius 1 is 0.897 bits per heavy atom. The normalized spacial score (nSPS) is 14.8. The first-order valence-corrected chi connectivity index (χ1v) is 8.84. The molecule has 0 aliphatic heterocycles. The highest BCUT2D eigenvalue weighted by Crippen LogP contribution is 2.02. The van der Waals surface area contributed by atoms with Gasteiger partial charge in [-0.05, 0) is 18.9 Å². The number of hydrogen-bond donors (Lipinski definition) is 7. The number of amides is 3. The van der Waals surface area contributed by atoms with Gasteiger partial charge in [0.1, 0.15) is 18.1 Å². The lowest BCUT2D eigenvalue weighted by Crippen LogP contribution is -2.57. The minimum Gasteiger partial charge on any atom is -0.480 e. The van der Waals surface area contributed by atoms with E-state index in [-0.39, 0.29) is 6.42 Å². The van der Waals surface area contributed by atoms with Crippen molar-refractivity contribution in [2.24, 2.45) is 5.73 Å². The summed E-state index contributed by atoms with van der Waals surface area (Å²) in [4.78, 5) is 47.2. The molecule has 0 spiro atoms. The van der Waals surface area contributed by atoms with Gasteiger partial charge in [0.25, 0.3) is 0 Å². The molecule has 0 bridgehead atoms. The molecule has 8 N–H and O–H groups in total. The van der Waals surface area contributed by atoms with Gasteiger partial charge in [0.05, 0.1) is 19.3 Å². The van der Waals surface area contributed by atoms with Gasteiger partial charge in [0.15, 0.2) is 0 Å². The van der Waals surface area contributed by atoms with Crippen molar-refractivity contribution < 1.29 is 34.5 Å². The molecule has 1 rings (SSSR count). The number of benzene rings is 1. The summed E-state index contributed by atoms with van der Waals surface area (Å²) in [5.41, 5.74) is 6.69. The smallest absolute Gasteiger partial charge is 0.328 e. The van der Waals surface area contributed by atoms with Crippen LogP contribution in [0.2, 0.25) is 0 Å². The lowest BCUT2D eigenvalue weighted by Gasteiger charge is -2.22. The minimum absolute atomic E-state index is 0.264.